The highest BCUT2D eigenvalue weighted by Gasteiger charge is 2.22. The number of hydrogen-bond donors (Lipinski definition) is 1. The van der Waals surface area contributed by atoms with Crippen molar-refractivity contribution >= 4 is 5.69 Å². The number of nitrogens with zero attached hydrogens (tertiary/aromatic N) is 1. The first kappa shape index (κ1) is 11.3. The van der Waals surface area contributed by atoms with Crippen molar-refractivity contribution in [2.75, 3.05) is 32.1 Å². The van der Waals surface area contributed by atoms with Gasteiger partial charge in [-0.25, -0.2) is 0 Å². The number of hydrogen-bond acceptors (Lipinski definition) is 3. The Balaban J connectivity index is 2.41. The fourth-order valence-corrected chi connectivity index (χ4v) is 1.88. The average molecular weight is 220 g/mol. The van der Waals surface area contributed by atoms with Gasteiger partial charge in [0.05, 0.1) is 12.2 Å². The molecule has 0 saturated carbocycles. The molecule has 3 nitrogen and oxygen atoms in total. The molecule has 0 aromatic heterocycles. The molecule has 88 valence electrons. The molecule has 0 spiro atoms. The van der Waals surface area contributed by atoms with Crippen LogP contribution in [0.25, 0.3) is 0 Å². The predicted octanol–water partition coefficient (Wildman–Crippen LogP) is 1.97. The molecule has 0 radical (unpaired) electrons. The van der Waals surface area contributed by atoms with Crippen LogP contribution in [0, 0.1) is 0 Å². The lowest BCUT2D eigenvalue weighted by molar-refractivity contribution is 0.310. The molecule has 2 rings (SSSR count). The Morgan fingerprint density at radius 1 is 1.38 bits per heavy atom. The van der Waals surface area contributed by atoms with Crippen molar-refractivity contribution in [2.45, 2.75) is 19.4 Å². The second kappa shape index (κ2) is 3.98. The second-order valence-corrected chi connectivity index (χ2v) is 4.83. The van der Waals surface area contributed by atoms with E-state index in [9.17, 15) is 0 Å². The lowest BCUT2D eigenvalue weighted by atomic mass is 9.93. The summed E-state index contributed by atoms with van der Waals surface area (Å²) < 4.78 is 5.63. The molecular weight excluding hydrogens is 200 g/mol. The summed E-state index contributed by atoms with van der Waals surface area (Å²) in [7, 11) is 4.09. The molecule has 3 heteroatoms. The van der Waals surface area contributed by atoms with E-state index in [2.05, 4.69) is 49.3 Å². The van der Waals surface area contributed by atoms with Gasteiger partial charge in [0.15, 0.2) is 0 Å². The quantitative estimate of drug-likeness (QED) is 0.824. The predicted molar refractivity (Wildman–Crippen MR) is 67.3 cm³/mol. The maximum atomic E-state index is 5.63. The Bertz CT molecular complexity index is 388. The summed E-state index contributed by atoms with van der Waals surface area (Å²) in [5.74, 6) is 0.990. The standard InChI is InChI=1S/C13H20N2O/c1-13(2,14-3)10-5-6-12-11(9-10)15(4)7-8-16-12/h5-6,9,14H,7-8H2,1-4H3. The van der Waals surface area contributed by atoms with Gasteiger partial charge in [-0.05, 0) is 38.6 Å². The van der Waals surface area contributed by atoms with E-state index in [1.807, 2.05) is 7.05 Å². The maximum absolute atomic E-state index is 5.63. The first-order valence-electron chi connectivity index (χ1n) is 5.72. The molecule has 1 aromatic carbocycles. The summed E-state index contributed by atoms with van der Waals surface area (Å²) in [6, 6.07) is 6.42. The van der Waals surface area contributed by atoms with Gasteiger partial charge in [0.1, 0.15) is 12.4 Å². The topological polar surface area (TPSA) is 24.5 Å². The second-order valence-electron chi connectivity index (χ2n) is 4.83. The van der Waals surface area contributed by atoms with Crippen LogP contribution in [0.4, 0.5) is 5.69 Å². The van der Waals surface area contributed by atoms with Crippen LogP contribution in [0.3, 0.4) is 0 Å². The molecule has 0 saturated heterocycles. The number of fused-ring (bicyclic) bond motifs is 1. The molecule has 1 aliphatic heterocycles. The highest BCUT2D eigenvalue weighted by Crippen LogP contribution is 2.34. The smallest absolute Gasteiger partial charge is 0.142 e. The Morgan fingerprint density at radius 2 is 2.12 bits per heavy atom. The van der Waals surface area contributed by atoms with Gasteiger partial charge in [0.2, 0.25) is 0 Å². The Hall–Kier alpha value is -1.22. The van der Waals surface area contributed by atoms with Crippen molar-refractivity contribution in [1.29, 1.82) is 0 Å². The zero-order chi connectivity index (χ0) is 11.8. The van der Waals surface area contributed by atoms with E-state index in [4.69, 9.17) is 4.74 Å². The van der Waals surface area contributed by atoms with Gasteiger partial charge in [0.25, 0.3) is 0 Å². The van der Waals surface area contributed by atoms with Crippen LogP contribution >= 0.6 is 0 Å². The third-order valence-corrected chi connectivity index (χ3v) is 3.40. The van der Waals surface area contributed by atoms with E-state index in [1.165, 1.54) is 11.3 Å². The first-order chi connectivity index (χ1) is 7.54. The van der Waals surface area contributed by atoms with Crippen LogP contribution in [-0.4, -0.2) is 27.2 Å². The molecule has 1 aromatic rings. The zero-order valence-corrected chi connectivity index (χ0v) is 10.5. The normalized spacial score (nSPS) is 15.6. The third-order valence-electron chi connectivity index (χ3n) is 3.40. The van der Waals surface area contributed by atoms with Crippen LogP contribution in [0.15, 0.2) is 18.2 Å². The zero-order valence-electron chi connectivity index (χ0n) is 10.5. The van der Waals surface area contributed by atoms with Crippen molar-refractivity contribution in [2.24, 2.45) is 0 Å². The molecule has 1 heterocycles. The Kier molecular flexibility index (Phi) is 2.80. The van der Waals surface area contributed by atoms with Gasteiger partial charge in [-0.3, -0.25) is 0 Å². The molecule has 0 bridgehead atoms. The molecule has 0 atom stereocenters. The van der Waals surface area contributed by atoms with E-state index in [0.717, 1.165) is 18.9 Å². The minimum absolute atomic E-state index is 0.00663. The van der Waals surface area contributed by atoms with E-state index in [-0.39, 0.29) is 5.54 Å². The summed E-state index contributed by atoms with van der Waals surface area (Å²) in [6.07, 6.45) is 0. The lowest BCUT2D eigenvalue weighted by Gasteiger charge is -2.31. The lowest BCUT2D eigenvalue weighted by Crippen LogP contribution is -2.34. The number of rotatable bonds is 2. The molecule has 16 heavy (non-hydrogen) atoms. The van der Waals surface area contributed by atoms with Gasteiger partial charge < -0.3 is 15.0 Å². The van der Waals surface area contributed by atoms with Gasteiger partial charge in [0, 0.05) is 12.6 Å². The largest absolute Gasteiger partial charge is 0.490 e. The van der Waals surface area contributed by atoms with Crippen LogP contribution in [0.2, 0.25) is 0 Å². The SMILES string of the molecule is CNC(C)(C)c1ccc2c(c1)N(C)CCO2. The van der Waals surface area contributed by atoms with Crippen molar-refractivity contribution < 1.29 is 4.74 Å². The van der Waals surface area contributed by atoms with Crippen LogP contribution < -0.4 is 15.0 Å². The van der Waals surface area contributed by atoms with Crippen molar-refractivity contribution in [3.8, 4) is 5.75 Å². The Morgan fingerprint density at radius 3 is 2.81 bits per heavy atom. The van der Waals surface area contributed by atoms with Gasteiger partial charge in [-0.2, -0.15) is 0 Å². The number of benzene rings is 1. The molecular formula is C13H20N2O. The molecule has 0 aliphatic carbocycles. The number of ether oxygens (including phenoxy) is 1. The molecule has 0 amide bonds. The van der Waals surface area contributed by atoms with Crippen molar-refractivity contribution in [3.05, 3.63) is 23.8 Å². The highest BCUT2D eigenvalue weighted by atomic mass is 16.5. The summed E-state index contributed by atoms with van der Waals surface area (Å²) in [5.41, 5.74) is 2.46. The number of nitrogens with one attached hydrogen (secondary N) is 1. The summed E-state index contributed by atoms with van der Waals surface area (Å²) in [5, 5.41) is 3.32. The van der Waals surface area contributed by atoms with Crippen LogP contribution in [0.5, 0.6) is 5.75 Å². The monoisotopic (exact) mass is 220 g/mol. The molecule has 1 N–H and O–H groups in total. The fraction of sp³-hybridized carbons (Fsp3) is 0.538. The van der Waals surface area contributed by atoms with Gasteiger partial charge in [-0.15, -0.1) is 0 Å². The Labute approximate surface area is 97.4 Å². The summed E-state index contributed by atoms with van der Waals surface area (Å²) in [6.45, 7) is 6.09. The minimum atomic E-state index is -0.00663. The van der Waals surface area contributed by atoms with E-state index in [0.29, 0.717) is 0 Å². The molecule has 0 fully saturated rings. The highest BCUT2D eigenvalue weighted by molar-refractivity contribution is 5.61. The van der Waals surface area contributed by atoms with Gasteiger partial charge in [-0.1, -0.05) is 6.07 Å². The maximum Gasteiger partial charge on any atom is 0.142 e. The molecule has 0 unspecified atom stereocenters. The van der Waals surface area contributed by atoms with Gasteiger partial charge >= 0.3 is 0 Å². The van der Waals surface area contributed by atoms with Crippen LogP contribution in [-0.2, 0) is 5.54 Å². The van der Waals surface area contributed by atoms with E-state index in [1.54, 1.807) is 0 Å². The summed E-state index contributed by atoms with van der Waals surface area (Å²) >= 11 is 0. The van der Waals surface area contributed by atoms with E-state index < -0.39 is 0 Å². The minimum Gasteiger partial charge on any atom is -0.490 e. The summed E-state index contributed by atoms with van der Waals surface area (Å²) in [4.78, 5) is 2.24. The molecule has 1 aliphatic rings. The van der Waals surface area contributed by atoms with Crippen molar-refractivity contribution in [1.82, 2.24) is 5.32 Å². The van der Waals surface area contributed by atoms with Crippen LogP contribution in [0.1, 0.15) is 19.4 Å². The fourth-order valence-electron chi connectivity index (χ4n) is 1.88. The average Bonchev–Trinajstić information content (AvgIpc) is 2.29. The first-order valence-corrected chi connectivity index (χ1v) is 5.72. The van der Waals surface area contributed by atoms with Crippen molar-refractivity contribution in [3.63, 3.8) is 0 Å². The number of likely N-dealkylation sites (N-methyl/N-ethyl adjacent to an activating group) is 1. The third kappa shape index (κ3) is 1.87. The number of anilines is 1. The van der Waals surface area contributed by atoms with E-state index >= 15 is 0 Å².